The van der Waals surface area contributed by atoms with Gasteiger partial charge in [-0.15, -0.1) is 0 Å². The third-order valence-corrected chi connectivity index (χ3v) is 5.55. The second-order valence-electron chi connectivity index (χ2n) is 5.93. The summed E-state index contributed by atoms with van der Waals surface area (Å²) in [5.74, 6) is 1.26. The number of methoxy groups -OCH3 is 1. The summed E-state index contributed by atoms with van der Waals surface area (Å²) in [5.41, 5.74) is 4.77. The van der Waals surface area contributed by atoms with Crippen molar-refractivity contribution in [1.29, 1.82) is 0 Å². The molecule has 0 saturated carbocycles. The van der Waals surface area contributed by atoms with Gasteiger partial charge in [-0.1, -0.05) is 47.6 Å². The van der Waals surface area contributed by atoms with Gasteiger partial charge in [0.2, 0.25) is 6.17 Å². The Labute approximate surface area is 166 Å². The van der Waals surface area contributed by atoms with E-state index in [1.807, 2.05) is 59.6 Å². The number of fused-ring (bicyclic) bond motifs is 1. The number of ether oxygens (including phenoxy) is 1. The molecule has 0 bridgehead atoms. The number of rotatable bonds is 4. The molecule has 2 heterocycles. The Morgan fingerprint density at radius 3 is 2.74 bits per heavy atom. The maximum absolute atomic E-state index is 13.0. The van der Waals surface area contributed by atoms with E-state index in [-0.39, 0.29) is 5.91 Å². The van der Waals surface area contributed by atoms with Gasteiger partial charge >= 0.3 is 0 Å². The molecule has 2 aliphatic heterocycles. The first kappa shape index (κ1) is 17.8. The molecule has 0 aliphatic carbocycles. The number of carbonyl (C=O) groups excluding carboxylic acids is 1. The van der Waals surface area contributed by atoms with E-state index in [1.165, 1.54) is 0 Å². The van der Waals surface area contributed by atoms with Crippen LogP contribution in [-0.4, -0.2) is 29.3 Å². The molecular weight excluding hydrogens is 384 g/mol. The number of para-hydroxylation sites is 2. The second kappa shape index (κ2) is 7.54. The van der Waals surface area contributed by atoms with Crippen LogP contribution in [0.4, 0.5) is 5.69 Å². The minimum Gasteiger partial charge on any atom is -0.495 e. The summed E-state index contributed by atoms with van der Waals surface area (Å²) < 4.78 is 5.37. The Balaban J connectivity index is 1.49. The zero-order chi connectivity index (χ0) is 18.8. The Bertz CT molecular complexity index is 916. The molecule has 4 rings (SSSR count). The summed E-state index contributed by atoms with van der Waals surface area (Å²) in [6, 6.07) is 15.1. The van der Waals surface area contributed by atoms with Crippen molar-refractivity contribution in [3.63, 3.8) is 0 Å². The van der Waals surface area contributed by atoms with Crippen molar-refractivity contribution >= 4 is 40.1 Å². The molecule has 2 aromatic carbocycles. The smallest absolute Gasteiger partial charge is 0.276 e. The quantitative estimate of drug-likeness (QED) is 0.849. The molecule has 2 aliphatic rings. The van der Waals surface area contributed by atoms with Crippen LogP contribution in [0.3, 0.4) is 0 Å². The summed E-state index contributed by atoms with van der Waals surface area (Å²) in [6.07, 6.45) is 3.03. The van der Waals surface area contributed by atoms with E-state index in [0.717, 1.165) is 16.5 Å². The fraction of sp³-hybridized carbons (Fsp3) is 0.158. The van der Waals surface area contributed by atoms with Crippen LogP contribution in [0.5, 0.6) is 5.75 Å². The van der Waals surface area contributed by atoms with Crippen LogP contribution in [0.15, 0.2) is 66.0 Å². The lowest BCUT2D eigenvalue weighted by atomic mass is 10.2. The van der Waals surface area contributed by atoms with Crippen LogP contribution in [0, 0.1) is 0 Å². The first-order valence-electron chi connectivity index (χ1n) is 8.30. The largest absolute Gasteiger partial charge is 0.495 e. The number of amidine groups is 1. The third kappa shape index (κ3) is 3.48. The van der Waals surface area contributed by atoms with Crippen LogP contribution >= 0.6 is 23.4 Å². The Hall–Kier alpha value is -2.64. The molecule has 0 radical (unpaired) electrons. The number of hydrazone groups is 1. The SMILES string of the molecule is COc1ccccc1N1C=CN2C(SCc3ccc(Cl)cc3)=NNC2C1=O. The first-order chi connectivity index (χ1) is 13.2. The molecule has 8 heteroatoms. The number of thioether (sulfide) groups is 1. The third-order valence-electron chi connectivity index (χ3n) is 4.26. The Morgan fingerprint density at radius 1 is 1.19 bits per heavy atom. The summed E-state index contributed by atoms with van der Waals surface area (Å²) >= 11 is 7.48. The number of benzene rings is 2. The summed E-state index contributed by atoms with van der Waals surface area (Å²) in [6.45, 7) is 0. The van der Waals surface area contributed by atoms with Crippen molar-refractivity contribution in [3.8, 4) is 5.75 Å². The normalized spacial score (nSPS) is 18.2. The second-order valence-corrected chi connectivity index (χ2v) is 7.31. The van der Waals surface area contributed by atoms with E-state index in [4.69, 9.17) is 16.3 Å². The first-order valence-corrected chi connectivity index (χ1v) is 9.67. The van der Waals surface area contributed by atoms with Gasteiger partial charge in [-0.3, -0.25) is 20.0 Å². The average Bonchev–Trinajstić information content (AvgIpc) is 3.12. The number of halogens is 1. The lowest BCUT2D eigenvalue weighted by molar-refractivity contribution is -0.122. The van der Waals surface area contributed by atoms with Crippen molar-refractivity contribution in [1.82, 2.24) is 10.3 Å². The van der Waals surface area contributed by atoms with Crippen molar-refractivity contribution in [2.24, 2.45) is 5.10 Å². The maximum Gasteiger partial charge on any atom is 0.276 e. The molecule has 2 aromatic rings. The standard InChI is InChI=1S/C19H17ClN4O2S/c1-26-16-5-3-2-4-15(16)23-10-11-24-17(18(23)25)21-22-19(24)27-12-13-6-8-14(20)9-7-13/h2-11,17,21H,12H2,1H3. The van der Waals surface area contributed by atoms with Gasteiger partial charge in [-0.05, 0) is 29.8 Å². The summed E-state index contributed by atoms with van der Waals surface area (Å²) in [4.78, 5) is 16.4. The number of amides is 1. The van der Waals surface area contributed by atoms with Gasteiger partial charge in [0.05, 0.1) is 12.8 Å². The van der Waals surface area contributed by atoms with Crippen LogP contribution in [0.1, 0.15) is 5.56 Å². The van der Waals surface area contributed by atoms with E-state index >= 15 is 0 Å². The van der Waals surface area contributed by atoms with Gasteiger partial charge in [0.15, 0.2) is 5.17 Å². The monoisotopic (exact) mass is 400 g/mol. The molecule has 27 heavy (non-hydrogen) atoms. The fourth-order valence-corrected chi connectivity index (χ4v) is 3.92. The lowest BCUT2D eigenvalue weighted by Crippen LogP contribution is -2.52. The highest BCUT2D eigenvalue weighted by atomic mass is 35.5. The van der Waals surface area contributed by atoms with E-state index < -0.39 is 6.17 Å². The Kier molecular flexibility index (Phi) is 4.96. The number of anilines is 1. The molecule has 1 unspecified atom stereocenters. The van der Waals surface area contributed by atoms with Gasteiger partial charge in [0.1, 0.15) is 5.75 Å². The highest BCUT2D eigenvalue weighted by Gasteiger charge is 2.38. The molecule has 0 fully saturated rings. The van der Waals surface area contributed by atoms with E-state index in [2.05, 4.69) is 10.5 Å². The molecule has 0 saturated heterocycles. The molecule has 6 nitrogen and oxygen atoms in total. The molecule has 138 valence electrons. The maximum atomic E-state index is 13.0. The summed E-state index contributed by atoms with van der Waals surface area (Å²) in [5, 5.41) is 5.80. The number of nitrogens with zero attached hydrogens (tertiary/aromatic N) is 3. The van der Waals surface area contributed by atoms with Crippen LogP contribution in [0.25, 0.3) is 0 Å². The Morgan fingerprint density at radius 2 is 1.96 bits per heavy atom. The highest BCUT2D eigenvalue weighted by molar-refractivity contribution is 8.13. The van der Waals surface area contributed by atoms with Crippen LogP contribution in [0.2, 0.25) is 5.02 Å². The topological polar surface area (TPSA) is 57.2 Å². The number of carbonyl (C=O) groups is 1. The van der Waals surface area contributed by atoms with Gasteiger partial charge in [0.25, 0.3) is 5.91 Å². The fourth-order valence-electron chi connectivity index (χ4n) is 2.88. The molecule has 1 atom stereocenters. The van der Waals surface area contributed by atoms with Crippen molar-refractivity contribution in [2.75, 3.05) is 12.0 Å². The zero-order valence-electron chi connectivity index (χ0n) is 14.5. The number of hydrogen-bond acceptors (Lipinski definition) is 6. The van der Waals surface area contributed by atoms with Crippen molar-refractivity contribution in [2.45, 2.75) is 11.9 Å². The predicted octanol–water partition coefficient (Wildman–Crippen LogP) is 3.60. The highest BCUT2D eigenvalue weighted by Crippen LogP contribution is 2.32. The van der Waals surface area contributed by atoms with Gasteiger partial charge in [0, 0.05) is 23.2 Å². The van der Waals surface area contributed by atoms with E-state index in [9.17, 15) is 4.79 Å². The lowest BCUT2D eigenvalue weighted by Gasteiger charge is -2.32. The zero-order valence-corrected chi connectivity index (χ0v) is 16.1. The molecule has 0 spiro atoms. The number of hydrogen-bond donors (Lipinski definition) is 1. The van der Waals surface area contributed by atoms with Crippen molar-refractivity contribution < 1.29 is 9.53 Å². The van der Waals surface area contributed by atoms with E-state index in [0.29, 0.717) is 16.5 Å². The molecule has 0 aromatic heterocycles. The molecular formula is C19H17ClN4O2S. The summed E-state index contributed by atoms with van der Waals surface area (Å²) in [7, 11) is 1.59. The van der Waals surface area contributed by atoms with Crippen LogP contribution < -0.4 is 15.1 Å². The minimum absolute atomic E-state index is 0.118. The van der Waals surface area contributed by atoms with Gasteiger partial charge in [-0.25, -0.2) is 0 Å². The minimum atomic E-state index is -0.562. The predicted molar refractivity (Wildman–Crippen MR) is 109 cm³/mol. The van der Waals surface area contributed by atoms with Crippen LogP contribution in [-0.2, 0) is 10.5 Å². The van der Waals surface area contributed by atoms with Gasteiger partial charge in [-0.2, -0.15) is 5.10 Å². The van der Waals surface area contributed by atoms with Crippen molar-refractivity contribution in [3.05, 3.63) is 71.5 Å². The van der Waals surface area contributed by atoms with Gasteiger partial charge < -0.3 is 4.74 Å². The molecule has 1 amide bonds. The molecule has 1 N–H and O–H groups in total. The van der Waals surface area contributed by atoms with E-state index in [1.54, 1.807) is 30.0 Å². The average molecular weight is 401 g/mol. The number of nitrogens with one attached hydrogen (secondary N) is 1.